The highest BCUT2D eigenvalue weighted by molar-refractivity contribution is 5.33. The molecular weight excluding hydrogens is 246 g/mol. The number of rotatable bonds is 5. The Morgan fingerprint density at radius 3 is 2.45 bits per heavy atom. The van der Waals surface area contributed by atoms with Crippen LogP contribution in [0.4, 0.5) is 0 Å². The summed E-state index contributed by atoms with van der Waals surface area (Å²) < 4.78 is 1.87. The van der Waals surface area contributed by atoms with Crippen molar-refractivity contribution in [1.82, 2.24) is 15.1 Å². The predicted octanol–water partition coefficient (Wildman–Crippen LogP) is 3.64. The van der Waals surface area contributed by atoms with Crippen molar-refractivity contribution in [2.75, 3.05) is 6.54 Å². The predicted molar refractivity (Wildman–Crippen MR) is 83.9 cm³/mol. The van der Waals surface area contributed by atoms with Crippen LogP contribution in [-0.2, 0) is 6.54 Å². The molecule has 0 aliphatic rings. The van der Waals surface area contributed by atoms with Crippen LogP contribution in [0.1, 0.15) is 33.3 Å². The fraction of sp³-hybridized carbons (Fsp3) is 0.471. The maximum absolute atomic E-state index is 4.23. The lowest BCUT2D eigenvalue weighted by molar-refractivity contribution is 0.252. The van der Waals surface area contributed by atoms with Crippen LogP contribution in [0.2, 0.25) is 0 Å². The number of nitrogens with zero attached hydrogens (tertiary/aromatic N) is 2. The van der Waals surface area contributed by atoms with E-state index in [0.29, 0.717) is 11.3 Å². The molecule has 0 aliphatic heterocycles. The first kappa shape index (κ1) is 14.8. The standard InChI is InChI=1S/C17H25N3/c1-14(17(2,3)4)12-18-13-15-6-8-16(9-7-15)20-11-5-10-19-20/h5-11,14,18H,12-13H2,1-4H3. The summed E-state index contributed by atoms with van der Waals surface area (Å²) in [4.78, 5) is 0. The SMILES string of the molecule is CC(CNCc1ccc(-n2cccn2)cc1)C(C)(C)C. The van der Waals surface area contributed by atoms with Gasteiger partial charge in [-0.1, -0.05) is 39.8 Å². The monoisotopic (exact) mass is 271 g/mol. The van der Waals surface area contributed by atoms with Crippen molar-refractivity contribution in [2.24, 2.45) is 11.3 Å². The zero-order valence-corrected chi connectivity index (χ0v) is 12.9. The van der Waals surface area contributed by atoms with Crippen LogP contribution in [0.15, 0.2) is 42.7 Å². The quantitative estimate of drug-likeness (QED) is 0.899. The molecule has 0 amide bonds. The van der Waals surface area contributed by atoms with Gasteiger partial charge in [0.1, 0.15) is 0 Å². The van der Waals surface area contributed by atoms with Crippen LogP contribution in [0.3, 0.4) is 0 Å². The second-order valence-corrected chi connectivity index (χ2v) is 6.52. The zero-order valence-electron chi connectivity index (χ0n) is 12.9. The van der Waals surface area contributed by atoms with Gasteiger partial charge in [0.15, 0.2) is 0 Å². The van der Waals surface area contributed by atoms with Gasteiger partial charge >= 0.3 is 0 Å². The minimum Gasteiger partial charge on any atom is -0.312 e. The summed E-state index contributed by atoms with van der Waals surface area (Å²) in [5, 5.41) is 7.77. The molecule has 3 heteroatoms. The zero-order chi connectivity index (χ0) is 14.6. The van der Waals surface area contributed by atoms with Crippen molar-refractivity contribution in [1.29, 1.82) is 0 Å². The Morgan fingerprint density at radius 2 is 1.90 bits per heavy atom. The Morgan fingerprint density at radius 1 is 1.20 bits per heavy atom. The van der Waals surface area contributed by atoms with Gasteiger partial charge in [-0.15, -0.1) is 0 Å². The molecule has 1 N–H and O–H groups in total. The minimum atomic E-state index is 0.358. The smallest absolute Gasteiger partial charge is 0.0645 e. The molecule has 20 heavy (non-hydrogen) atoms. The maximum atomic E-state index is 4.23. The van der Waals surface area contributed by atoms with E-state index in [0.717, 1.165) is 18.8 Å². The van der Waals surface area contributed by atoms with Crippen LogP contribution >= 0.6 is 0 Å². The van der Waals surface area contributed by atoms with E-state index in [9.17, 15) is 0 Å². The first-order valence-corrected chi connectivity index (χ1v) is 7.26. The highest BCUT2D eigenvalue weighted by Crippen LogP contribution is 2.24. The molecular formula is C17H25N3. The topological polar surface area (TPSA) is 29.9 Å². The van der Waals surface area contributed by atoms with Gasteiger partial charge in [-0.3, -0.25) is 0 Å². The molecule has 1 aromatic carbocycles. The minimum absolute atomic E-state index is 0.358. The molecule has 0 bridgehead atoms. The van der Waals surface area contributed by atoms with Gasteiger partial charge in [0.05, 0.1) is 5.69 Å². The van der Waals surface area contributed by atoms with Crippen molar-refractivity contribution in [3.05, 3.63) is 48.3 Å². The van der Waals surface area contributed by atoms with Crippen LogP contribution in [0.5, 0.6) is 0 Å². The number of hydrogen-bond acceptors (Lipinski definition) is 2. The van der Waals surface area contributed by atoms with Crippen molar-refractivity contribution in [3.63, 3.8) is 0 Å². The summed E-state index contributed by atoms with van der Waals surface area (Å²) in [6.45, 7) is 11.1. The summed E-state index contributed by atoms with van der Waals surface area (Å²) in [7, 11) is 0. The van der Waals surface area contributed by atoms with Gasteiger partial charge in [-0.25, -0.2) is 4.68 Å². The molecule has 0 aliphatic carbocycles. The highest BCUT2D eigenvalue weighted by Gasteiger charge is 2.18. The fourth-order valence-electron chi connectivity index (χ4n) is 1.93. The van der Waals surface area contributed by atoms with Gasteiger partial charge < -0.3 is 5.32 Å². The summed E-state index contributed by atoms with van der Waals surface area (Å²) in [6.07, 6.45) is 3.75. The van der Waals surface area contributed by atoms with Crippen molar-refractivity contribution >= 4 is 0 Å². The van der Waals surface area contributed by atoms with E-state index in [4.69, 9.17) is 0 Å². The largest absolute Gasteiger partial charge is 0.312 e. The van der Waals surface area contributed by atoms with Crippen LogP contribution in [0.25, 0.3) is 5.69 Å². The molecule has 3 nitrogen and oxygen atoms in total. The molecule has 1 heterocycles. The third-order valence-corrected chi connectivity index (χ3v) is 3.96. The van der Waals surface area contributed by atoms with Crippen molar-refractivity contribution in [2.45, 2.75) is 34.2 Å². The molecule has 0 fully saturated rings. The third kappa shape index (κ3) is 3.94. The first-order chi connectivity index (χ1) is 9.47. The van der Waals surface area contributed by atoms with E-state index in [1.54, 1.807) is 6.20 Å². The molecule has 2 aromatic rings. The second-order valence-electron chi connectivity index (χ2n) is 6.52. The van der Waals surface area contributed by atoms with Crippen LogP contribution in [0, 0.1) is 11.3 Å². The molecule has 2 rings (SSSR count). The van der Waals surface area contributed by atoms with Gasteiger partial charge in [-0.2, -0.15) is 5.10 Å². The number of hydrogen-bond donors (Lipinski definition) is 1. The van der Waals surface area contributed by atoms with E-state index in [1.807, 2.05) is 16.9 Å². The number of benzene rings is 1. The molecule has 1 unspecified atom stereocenters. The van der Waals surface area contributed by atoms with Gasteiger partial charge in [0.2, 0.25) is 0 Å². The first-order valence-electron chi connectivity index (χ1n) is 7.26. The van der Waals surface area contributed by atoms with Crippen molar-refractivity contribution in [3.8, 4) is 5.69 Å². The van der Waals surface area contributed by atoms with E-state index >= 15 is 0 Å². The normalized spacial score (nSPS) is 13.4. The van der Waals surface area contributed by atoms with Crippen LogP contribution < -0.4 is 5.32 Å². The van der Waals surface area contributed by atoms with Crippen molar-refractivity contribution < 1.29 is 0 Å². The van der Waals surface area contributed by atoms with Gasteiger partial charge in [0, 0.05) is 18.9 Å². The molecule has 1 atom stereocenters. The lowest BCUT2D eigenvalue weighted by Crippen LogP contribution is -2.29. The molecule has 0 radical (unpaired) electrons. The lowest BCUT2D eigenvalue weighted by atomic mass is 9.82. The van der Waals surface area contributed by atoms with Gasteiger partial charge in [-0.05, 0) is 41.6 Å². The molecule has 0 spiro atoms. The lowest BCUT2D eigenvalue weighted by Gasteiger charge is -2.27. The summed E-state index contributed by atoms with van der Waals surface area (Å²) >= 11 is 0. The molecule has 1 aromatic heterocycles. The fourth-order valence-corrected chi connectivity index (χ4v) is 1.93. The van der Waals surface area contributed by atoms with E-state index < -0.39 is 0 Å². The molecule has 0 saturated heterocycles. The Bertz CT molecular complexity index is 506. The van der Waals surface area contributed by atoms with Gasteiger partial charge in [0.25, 0.3) is 0 Å². The summed E-state index contributed by atoms with van der Waals surface area (Å²) in [6, 6.07) is 10.5. The average molecular weight is 271 g/mol. The number of aromatic nitrogens is 2. The molecule has 0 saturated carbocycles. The van der Waals surface area contributed by atoms with E-state index in [1.165, 1.54) is 5.56 Å². The highest BCUT2D eigenvalue weighted by atomic mass is 15.3. The third-order valence-electron chi connectivity index (χ3n) is 3.96. The average Bonchev–Trinajstić information content (AvgIpc) is 2.92. The number of nitrogens with one attached hydrogen (secondary N) is 1. The van der Waals surface area contributed by atoms with E-state index in [2.05, 4.69) is 62.4 Å². The molecule has 108 valence electrons. The Balaban J connectivity index is 1.86. The summed E-state index contributed by atoms with van der Waals surface area (Å²) in [5.41, 5.74) is 2.76. The maximum Gasteiger partial charge on any atom is 0.0645 e. The van der Waals surface area contributed by atoms with E-state index in [-0.39, 0.29) is 0 Å². The Kier molecular flexibility index (Phi) is 4.61. The Labute approximate surface area is 122 Å². The summed E-state index contributed by atoms with van der Waals surface area (Å²) in [5.74, 6) is 0.658. The second kappa shape index (κ2) is 6.23. The Hall–Kier alpha value is -1.61. The van der Waals surface area contributed by atoms with Crippen LogP contribution in [-0.4, -0.2) is 16.3 Å².